The summed E-state index contributed by atoms with van der Waals surface area (Å²) in [4.78, 5) is 0. The van der Waals surface area contributed by atoms with Crippen LogP contribution in [0, 0.1) is 92.7 Å². The molecule has 0 heterocycles. The molecule has 7 fully saturated rings. The van der Waals surface area contributed by atoms with E-state index < -0.39 is 0 Å². The summed E-state index contributed by atoms with van der Waals surface area (Å²) in [7, 11) is 3.72. The van der Waals surface area contributed by atoms with E-state index in [0.29, 0.717) is 40.1 Å². The van der Waals surface area contributed by atoms with Gasteiger partial charge in [-0.25, -0.2) is 0 Å². The van der Waals surface area contributed by atoms with Crippen LogP contribution in [0.3, 0.4) is 0 Å². The number of ether oxygens (including phenoxy) is 2. The number of nitrogens with zero attached hydrogens (tertiary/aromatic N) is 2. The second-order valence-electron chi connectivity index (χ2n) is 15.1. The summed E-state index contributed by atoms with van der Waals surface area (Å²) in [5.74, 6) is 10.4. The molecule has 0 unspecified atom stereocenters. The highest BCUT2D eigenvalue weighted by atomic mass is 16.5. The fourth-order valence-corrected chi connectivity index (χ4v) is 15.1. The molecule has 4 nitrogen and oxygen atoms in total. The SMILES string of the molecule is COc1c2c(c(OC)c3ccccc13)[C@@H]1C[C@H]2[C@@H]2[C@H]1[C@@]1(C)[C@@H]3[C@@H]4C[C@@H]([C@@H]5[C@H]4[C@@H]4CC[C@H]5C4=C(C#N)C#N)[C@@H]3[C@@]21C. The minimum Gasteiger partial charge on any atom is -0.496 e. The lowest BCUT2D eigenvalue weighted by atomic mass is 9.19. The number of nitriles is 2. The van der Waals surface area contributed by atoms with Crippen LogP contribution in [-0.4, -0.2) is 14.2 Å². The van der Waals surface area contributed by atoms with Crippen LogP contribution >= 0.6 is 0 Å². The van der Waals surface area contributed by atoms with Crippen molar-refractivity contribution in [2.75, 3.05) is 14.2 Å². The summed E-state index contributed by atoms with van der Waals surface area (Å²) in [6.45, 7) is 5.38. The van der Waals surface area contributed by atoms with Gasteiger partial charge >= 0.3 is 0 Å². The number of benzene rings is 2. The number of hydrogen-bond acceptors (Lipinski definition) is 4. The smallest absolute Gasteiger partial charge is 0.130 e. The quantitative estimate of drug-likeness (QED) is 0.235. The zero-order valence-electron chi connectivity index (χ0n) is 23.8. The van der Waals surface area contributed by atoms with Crippen molar-refractivity contribution in [1.29, 1.82) is 10.5 Å². The van der Waals surface area contributed by atoms with Gasteiger partial charge in [-0.1, -0.05) is 38.1 Å². The molecule has 7 saturated carbocycles. The Morgan fingerprint density at radius 3 is 1.62 bits per heavy atom. The van der Waals surface area contributed by atoms with Crippen molar-refractivity contribution in [1.82, 2.24) is 0 Å². The molecular formula is C36H36N2O2. The number of allylic oxidation sites excluding steroid dienone is 2. The zero-order valence-corrected chi connectivity index (χ0v) is 23.8. The first kappa shape index (κ1) is 22.7. The lowest BCUT2D eigenvalue weighted by Crippen LogP contribution is -2.81. The normalized spacial score (nSPS) is 50.2. The maximum Gasteiger partial charge on any atom is 0.130 e. The molecule has 2 aromatic carbocycles. The van der Waals surface area contributed by atoms with Gasteiger partial charge in [-0.05, 0) is 113 Å². The average Bonchev–Trinajstić information content (AvgIpc) is 3.82. The lowest BCUT2D eigenvalue weighted by Gasteiger charge is -2.85. The first-order valence-electron chi connectivity index (χ1n) is 15.7. The van der Waals surface area contributed by atoms with Crippen LogP contribution in [0.4, 0.5) is 0 Å². The van der Waals surface area contributed by atoms with Crippen molar-refractivity contribution in [3.63, 3.8) is 0 Å². The van der Waals surface area contributed by atoms with E-state index >= 15 is 0 Å². The number of hydrogen-bond donors (Lipinski definition) is 0. The fraction of sp³-hybridized carbons (Fsp3) is 0.611. The molecule has 0 saturated heterocycles. The molecule has 2 aromatic rings. The van der Waals surface area contributed by atoms with Gasteiger partial charge in [0.15, 0.2) is 0 Å². The van der Waals surface area contributed by atoms with Crippen LogP contribution in [-0.2, 0) is 0 Å². The molecule has 8 aliphatic carbocycles. The summed E-state index contributed by atoms with van der Waals surface area (Å²) >= 11 is 0. The largest absolute Gasteiger partial charge is 0.496 e. The van der Waals surface area contributed by atoms with Crippen molar-refractivity contribution in [3.8, 4) is 23.6 Å². The van der Waals surface area contributed by atoms with Gasteiger partial charge in [0.05, 0.1) is 14.2 Å². The summed E-state index contributed by atoms with van der Waals surface area (Å²) in [6, 6.07) is 13.3. The number of rotatable bonds is 2. The Morgan fingerprint density at radius 1 is 0.725 bits per heavy atom. The summed E-state index contributed by atoms with van der Waals surface area (Å²) in [5.41, 5.74) is 5.45. The monoisotopic (exact) mass is 528 g/mol. The van der Waals surface area contributed by atoms with Crippen LogP contribution in [0.1, 0.15) is 62.5 Å². The van der Waals surface area contributed by atoms with E-state index in [9.17, 15) is 10.5 Å². The van der Waals surface area contributed by atoms with Gasteiger partial charge in [0, 0.05) is 21.9 Å². The molecule has 202 valence electrons. The van der Waals surface area contributed by atoms with Crippen LogP contribution in [0.25, 0.3) is 10.8 Å². The minimum atomic E-state index is 0.382. The van der Waals surface area contributed by atoms with E-state index in [0.717, 1.165) is 58.8 Å². The second-order valence-corrected chi connectivity index (χ2v) is 15.1. The first-order chi connectivity index (χ1) is 19.5. The topological polar surface area (TPSA) is 66.0 Å². The molecule has 0 amide bonds. The summed E-state index contributed by atoms with van der Waals surface area (Å²) in [6.07, 6.45) is 5.07. The van der Waals surface area contributed by atoms with Gasteiger partial charge in [-0.2, -0.15) is 10.5 Å². The van der Waals surface area contributed by atoms with Gasteiger partial charge in [0.1, 0.15) is 29.2 Å². The van der Waals surface area contributed by atoms with Crippen molar-refractivity contribution in [2.45, 2.75) is 51.4 Å². The molecule has 40 heavy (non-hydrogen) atoms. The molecule has 8 aliphatic rings. The van der Waals surface area contributed by atoms with Gasteiger partial charge < -0.3 is 9.47 Å². The van der Waals surface area contributed by atoms with E-state index in [1.54, 1.807) is 0 Å². The molecule has 0 aliphatic heterocycles. The lowest BCUT2D eigenvalue weighted by molar-refractivity contribution is -0.371. The highest BCUT2D eigenvalue weighted by Crippen LogP contribution is 2.96. The Morgan fingerprint density at radius 2 is 1.20 bits per heavy atom. The molecule has 6 bridgehead atoms. The third kappa shape index (κ3) is 1.90. The number of fused-ring (bicyclic) bond motifs is 26. The van der Waals surface area contributed by atoms with E-state index in [-0.39, 0.29) is 0 Å². The van der Waals surface area contributed by atoms with Gasteiger partial charge in [0.2, 0.25) is 0 Å². The summed E-state index contributed by atoms with van der Waals surface area (Å²) in [5, 5.41) is 22.0. The number of methoxy groups -OCH3 is 2. The maximum atomic E-state index is 9.82. The van der Waals surface area contributed by atoms with Crippen molar-refractivity contribution in [2.24, 2.45) is 70.0 Å². The Balaban J connectivity index is 1.12. The molecule has 0 N–H and O–H groups in total. The highest BCUT2D eigenvalue weighted by Gasteiger charge is 2.91. The molecular weight excluding hydrogens is 492 g/mol. The first-order valence-corrected chi connectivity index (χ1v) is 15.7. The van der Waals surface area contributed by atoms with Gasteiger partial charge in [-0.15, -0.1) is 0 Å². The predicted octanol–water partition coefficient (Wildman–Crippen LogP) is 7.21. The zero-order chi connectivity index (χ0) is 27.0. The molecule has 0 spiro atoms. The Hall–Kier alpha value is -2.98. The Labute approximate surface area is 236 Å². The Kier molecular flexibility index (Phi) is 3.82. The summed E-state index contributed by atoms with van der Waals surface area (Å²) < 4.78 is 12.5. The Bertz CT molecular complexity index is 1570. The predicted molar refractivity (Wildman–Crippen MR) is 150 cm³/mol. The van der Waals surface area contributed by atoms with Crippen LogP contribution in [0.5, 0.6) is 11.5 Å². The third-order valence-corrected chi connectivity index (χ3v) is 15.4. The third-order valence-electron chi connectivity index (χ3n) is 15.4. The minimum absolute atomic E-state index is 0.382. The van der Waals surface area contributed by atoms with Gasteiger partial charge in [-0.3, -0.25) is 0 Å². The van der Waals surface area contributed by atoms with Gasteiger partial charge in [0.25, 0.3) is 0 Å². The van der Waals surface area contributed by atoms with Crippen LogP contribution in [0.2, 0.25) is 0 Å². The molecule has 0 aromatic heterocycles. The second kappa shape index (κ2) is 6.73. The molecule has 0 radical (unpaired) electrons. The molecule has 10 rings (SSSR count). The van der Waals surface area contributed by atoms with E-state index in [1.165, 1.54) is 53.2 Å². The van der Waals surface area contributed by atoms with E-state index in [2.05, 4.69) is 50.3 Å². The van der Waals surface area contributed by atoms with Crippen molar-refractivity contribution >= 4 is 10.8 Å². The average molecular weight is 529 g/mol. The fourth-order valence-electron chi connectivity index (χ4n) is 15.1. The van der Waals surface area contributed by atoms with Crippen molar-refractivity contribution in [3.05, 3.63) is 46.5 Å². The highest BCUT2D eigenvalue weighted by molar-refractivity contribution is 5.97. The van der Waals surface area contributed by atoms with E-state index in [4.69, 9.17) is 9.47 Å². The molecule has 4 heteroatoms. The standard InChI is InChI=1S/C36H36N2O2/c1-35-29-20-11-21(26-19-10-9-18(25(20)26)24(19)15(13-37)14-38)30(29)36(35,2)32-23-12-22(31(32)35)27-28(23)34(40-4)17-8-6-5-7-16(17)33(27)39-3/h5-8,18-23,25-26,29-32H,9-12H2,1-4H3/t18-,19+,20-,21+,22+,23-,25+,26-,29-,30+,31+,32-,35-,36+. The van der Waals surface area contributed by atoms with E-state index in [1.807, 2.05) is 14.2 Å². The van der Waals surface area contributed by atoms with Crippen LogP contribution < -0.4 is 9.47 Å². The van der Waals surface area contributed by atoms with Crippen LogP contribution in [0.15, 0.2) is 35.4 Å². The maximum absolute atomic E-state index is 9.82. The van der Waals surface area contributed by atoms with Crippen molar-refractivity contribution < 1.29 is 9.47 Å². The molecule has 14 atom stereocenters.